The van der Waals surface area contributed by atoms with Crippen LogP contribution in [0.2, 0.25) is 0 Å². The molecule has 0 aliphatic carbocycles. The summed E-state index contributed by atoms with van der Waals surface area (Å²) >= 11 is 1.57. The predicted molar refractivity (Wildman–Crippen MR) is 109 cm³/mol. The van der Waals surface area contributed by atoms with Gasteiger partial charge in [0.25, 0.3) is 0 Å². The fourth-order valence-electron chi connectivity index (χ4n) is 3.57. The monoisotopic (exact) mass is 396 g/mol. The molecule has 0 radical (unpaired) electrons. The van der Waals surface area contributed by atoms with Gasteiger partial charge in [0, 0.05) is 19.4 Å². The fourth-order valence-corrected chi connectivity index (χ4v) is 4.22. The number of nitrogens with one attached hydrogen (secondary N) is 1. The third-order valence-electron chi connectivity index (χ3n) is 5.03. The molecule has 0 saturated carbocycles. The van der Waals surface area contributed by atoms with Crippen molar-refractivity contribution in [2.24, 2.45) is 0 Å². The van der Waals surface area contributed by atoms with Gasteiger partial charge in [-0.25, -0.2) is 0 Å². The van der Waals surface area contributed by atoms with Crippen molar-refractivity contribution in [3.8, 4) is 10.7 Å². The Kier molecular flexibility index (Phi) is 6.14. The molecule has 1 aliphatic rings. The lowest BCUT2D eigenvalue weighted by Gasteiger charge is -2.28. The lowest BCUT2D eigenvalue weighted by atomic mass is 10.1. The number of aryl methyl sites for hydroxylation is 1. The zero-order valence-electron chi connectivity index (χ0n) is 15.7. The van der Waals surface area contributed by atoms with Crippen LogP contribution < -0.4 is 5.32 Å². The summed E-state index contributed by atoms with van der Waals surface area (Å²) in [5.74, 6) is 1.09. The lowest BCUT2D eigenvalue weighted by molar-refractivity contribution is -0.121. The van der Waals surface area contributed by atoms with Gasteiger partial charge in [-0.3, -0.25) is 9.69 Å². The molecule has 0 spiro atoms. The Labute approximate surface area is 168 Å². The van der Waals surface area contributed by atoms with Crippen molar-refractivity contribution in [3.05, 3.63) is 59.3 Å². The summed E-state index contributed by atoms with van der Waals surface area (Å²) in [4.78, 5) is 20.2. The Balaban J connectivity index is 1.30. The van der Waals surface area contributed by atoms with E-state index in [9.17, 15) is 4.79 Å². The van der Waals surface area contributed by atoms with Gasteiger partial charge in [0.05, 0.1) is 10.9 Å². The Morgan fingerprint density at radius 1 is 1.18 bits per heavy atom. The molecule has 1 saturated heterocycles. The number of amides is 1. The number of benzene rings is 1. The molecular formula is C21H24N4O2S. The van der Waals surface area contributed by atoms with Crippen molar-refractivity contribution in [3.63, 3.8) is 0 Å². The van der Waals surface area contributed by atoms with Gasteiger partial charge < -0.3 is 9.84 Å². The normalized spacial score (nSPS) is 15.6. The van der Waals surface area contributed by atoms with E-state index in [-0.39, 0.29) is 11.9 Å². The Hall–Kier alpha value is -2.51. The van der Waals surface area contributed by atoms with Crippen LogP contribution in [0.3, 0.4) is 0 Å². The average molecular weight is 397 g/mol. The largest absolute Gasteiger partial charge is 0.354 e. The maximum atomic E-state index is 12.4. The number of thiophene rings is 1. The number of carbonyl (C=O) groups excluding carboxylic acids is 1. The molecular weight excluding hydrogens is 372 g/mol. The topological polar surface area (TPSA) is 71.3 Å². The fraction of sp³-hybridized carbons (Fsp3) is 0.381. The second-order valence-corrected chi connectivity index (χ2v) is 7.91. The van der Waals surface area contributed by atoms with Gasteiger partial charge in [-0.1, -0.05) is 41.6 Å². The summed E-state index contributed by atoms with van der Waals surface area (Å²) in [5.41, 5.74) is 1.25. The molecule has 7 heteroatoms. The summed E-state index contributed by atoms with van der Waals surface area (Å²) in [5, 5.41) is 9.06. The maximum Gasteiger partial charge on any atom is 0.227 e. The highest BCUT2D eigenvalue weighted by Gasteiger charge is 2.23. The smallest absolute Gasteiger partial charge is 0.227 e. The highest BCUT2D eigenvalue weighted by atomic mass is 32.1. The molecule has 4 rings (SSSR count). The molecule has 1 fully saturated rings. The third-order valence-corrected chi connectivity index (χ3v) is 5.90. The summed E-state index contributed by atoms with van der Waals surface area (Å²) in [6, 6.07) is 14.5. The standard InChI is InChI=1S/C21H24N4O2S/c26-19(10-11-20-23-21(24-27-20)18-9-6-14-28-18)22-15-17(25-12-4-5-13-25)16-7-2-1-3-8-16/h1-3,6-9,14,17H,4-5,10-13,15H2,(H,22,26). The average Bonchev–Trinajstić information content (AvgIpc) is 3.49. The first-order chi connectivity index (χ1) is 13.8. The molecule has 1 N–H and O–H groups in total. The Morgan fingerprint density at radius 2 is 2.00 bits per heavy atom. The highest BCUT2D eigenvalue weighted by Crippen LogP contribution is 2.24. The van der Waals surface area contributed by atoms with Gasteiger partial charge in [0.2, 0.25) is 17.6 Å². The molecule has 3 aromatic rings. The van der Waals surface area contributed by atoms with E-state index in [0.29, 0.717) is 31.1 Å². The first-order valence-electron chi connectivity index (χ1n) is 9.72. The first kappa shape index (κ1) is 18.8. The van der Waals surface area contributed by atoms with Gasteiger partial charge in [-0.2, -0.15) is 4.98 Å². The van der Waals surface area contributed by atoms with E-state index in [1.54, 1.807) is 11.3 Å². The van der Waals surface area contributed by atoms with Crippen LogP contribution in [0.25, 0.3) is 10.7 Å². The van der Waals surface area contributed by atoms with Gasteiger partial charge >= 0.3 is 0 Å². The molecule has 1 atom stereocenters. The van der Waals surface area contributed by atoms with Crippen LogP contribution in [0.5, 0.6) is 0 Å². The van der Waals surface area contributed by atoms with Gasteiger partial charge in [0.15, 0.2) is 0 Å². The molecule has 146 valence electrons. The van der Waals surface area contributed by atoms with Crippen LogP contribution in [0.1, 0.15) is 36.8 Å². The highest BCUT2D eigenvalue weighted by molar-refractivity contribution is 7.13. The Bertz CT molecular complexity index is 873. The second-order valence-electron chi connectivity index (χ2n) is 6.96. The van der Waals surface area contributed by atoms with Crippen LogP contribution >= 0.6 is 11.3 Å². The van der Waals surface area contributed by atoms with Gasteiger partial charge in [0.1, 0.15) is 0 Å². The van der Waals surface area contributed by atoms with Crippen LogP contribution in [0.4, 0.5) is 0 Å². The van der Waals surface area contributed by atoms with E-state index >= 15 is 0 Å². The molecule has 2 aromatic heterocycles. The van der Waals surface area contributed by atoms with E-state index < -0.39 is 0 Å². The zero-order valence-corrected chi connectivity index (χ0v) is 16.5. The van der Waals surface area contributed by atoms with E-state index in [4.69, 9.17) is 4.52 Å². The summed E-state index contributed by atoms with van der Waals surface area (Å²) < 4.78 is 5.27. The van der Waals surface area contributed by atoms with Crippen molar-refractivity contribution in [2.75, 3.05) is 19.6 Å². The van der Waals surface area contributed by atoms with Crippen molar-refractivity contribution in [1.82, 2.24) is 20.4 Å². The van der Waals surface area contributed by atoms with Gasteiger partial charge in [-0.15, -0.1) is 11.3 Å². The minimum atomic E-state index is 0.0102. The van der Waals surface area contributed by atoms with E-state index in [0.717, 1.165) is 18.0 Å². The number of hydrogen-bond donors (Lipinski definition) is 1. The SMILES string of the molecule is O=C(CCc1nc(-c2cccs2)no1)NCC(c1ccccc1)N1CCCC1. The van der Waals surface area contributed by atoms with Crippen molar-refractivity contribution in [2.45, 2.75) is 31.7 Å². The van der Waals surface area contributed by atoms with Crippen LogP contribution in [-0.2, 0) is 11.2 Å². The summed E-state index contributed by atoms with van der Waals surface area (Å²) in [6.45, 7) is 2.79. The molecule has 1 aromatic carbocycles. The number of aromatic nitrogens is 2. The molecule has 0 bridgehead atoms. The summed E-state index contributed by atoms with van der Waals surface area (Å²) in [6.07, 6.45) is 3.24. The van der Waals surface area contributed by atoms with E-state index in [1.807, 2.05) is 23.6 Å². The minimum absolute atomic E-state index is 0.0102. The second kappa shape index (κ2) is 9.12. The van der Waals surface area contributed by atoms with E-state index in [2.05, 4.69) is 44.6 Å². The molecule has 1 amide bonds. The number of rotatable bonds is 8. The zero-order chi connectivity index (χ0) is 19.2. The molecule has 3 heterocycles. The summed E-state index contributed by atoms with van der Waals surface area (Å²) in [7, 11) is 0. The first-order valence-corrected chi connectivity index (χ1v) is 10.6. The van der Waals surface area contributed by atoms with Crippen molar-refractivity contribution in [1.29, 1.82) is 0 Å². The Morgan fingerprint density at radius 3 is 2.75 bits per heavy atom. The van der Waals surface area contributed by atoms with Crippen LogP contribution in [0.15, 0.2) is 52.4 Å². The van der Waals surface area contributed by atoms with Crippen molar-refractivity contribution < 1.29 is 9.32 Å². The number of carbonyl (C=O) groups is 1. The minimum Gasteiger partial charge on any atom is -0.354 e. The lowest BCUT2D eigenvalue weighted by Crippen LogP contribution is -2.36. The number of nitrogens with zero attached hydrogens (tertiary/aromatic N) is 3. The van der Waals surface area contributed by atoms with Gasteiger partial charge in [-0.05, 0) is 42.9 Å². The maximum absolute atomic E-state index is 12.4. The van der Waals surface area contributed by atoms with E-state index in [1.165, 1.54) is 18.4 Å². The number of hydrogen-bond acceptors (Lipinski definition) is 6. The van der Waals surface area contributed by atoms with Crippen molar-refractivity contribution >= 4 is 17.2 Å². The molecule has 28 heavy (non-hydrogen) atoms. The van der Waals surface area contributed by atoms with Crippen LogP contribution in [0, 0.1) is 0 Å². The molecule has 1 aliphatic heterocycles. The third kappa shape index (κ3) is 4.66. The molecule has 1 unspecified atom stereocenters. The molecule has 6 nitrogen and oxygen atoms in total. The van der Waals surface area contributed by atoms with Crippen LogP contribution in [-0.4, -0.2) is 40.6 Å². The number of likely N-dealkylation sites (tertiary alicyclic amines) is 1. The predicted octanol–water partition coefficient (Wildman–Crippen LogP) is 3.68. The quantitative estimate of drug-likeness (QED) is 0.629.